The second-order valence-corrected chi connectivity index (χ2v) is 6.81. The monoisotopic (exact) mass is 316 g/mol. The number of amides is 1. The van der Waals surface area contributed by atoms with Gasteiger partial charge in [0.2, 0.25) is 5.91 Å². The van der Waals surface area contributed by atoms with Crippen molar-refractivity contribution in [2.45, 2.75) is 26.2 Å². The molecule has 1 atom stereocenters. The summed E-state index contributed by atoms with van der Waals surface area (Å²) in [5.41, 5.74) is 0. The molecule has 1 N–H and O–H groups in total. The smallest absolute Gasteiger partial charge is 0.230 e. The number of rotatable bonds is 4. The van der Waals surface area contributed by atoms with Crippen LogP contribution in [0.2, 0.25) is 0 Å². The van der Waals surface area contributed by atoms with Gasteiger partial charge in [-0.3, -0.25) is 4.79 Å². The minimum Gasteiger partial charge on any atom is -0.355 e. The number of carbonyl (C=O) groups excluding carboxylic acids is 1. The van der Waals surface area contributed by atoms with Gasteiger partial charge in [0, 0.05) is 18.0 Å². The van der Waals surface area contributed by atoms with Gasteiger partial charge in [-0.15, -0.1) is 21.5 Å². The van der Waals surface area contributed by atoms with Crippen molar-refractivity contribution >= 4 is 28.9 Å². The number of anilines is 2. The van der Waals surface area contributed by atoms with Gasteiger partial charge in [-0.1, -0.05) is 13.0 Å². The third-order valence-corrected chi connectivity index (χ3v) is 4.69. The molecule has 0 aliphatic carbocycles. The van der Waals surface area contributed by atoms with Crippen molar-refractivity contribution in [2.24, 2.45) is 5.92 Å². The molecule has 116 valence electrons. The molecule has 3 heterocycles. The molecule has 0 bridgehead atoms. The first-order valence-electron chi connectivity index (χ1n) is 7.61. The van der Waals surface area contributed by atoms with Crippen LogP contribution in [0.25, 0.3) is 0 Å². The van der Waals surface area contributed by atoms with Crippen LogP contribution in [0.1, 0.15) is 24.6 Å². The Labute approximate surface area is 134 Å². The van der Waals surface area contributed by atoms with E-state index in [4.69, 9.17) is 0 Å². The third-order valence-electron chi connectivity index (χ3n) is 3.81. The van der Waals surface area contributed by atoms with Gasteiger partial charge in [0.1, 0.15) is 0 Å². The standard InChI is InChI=1S/C16H20N4OS/c1-12-4-2-8-20(11-12)15-7-6-14(18-19-15)17-16(21)10-13-5-3-9-22-13/h3,5-7,9,12H,2,4,8,10-11H2,1H3,(H,17,18,21). The molecule has 5 nitrogen and oxygen atoms in total. The SMILES string of the molecule is CC1CCCN(c2ccc(NC(=O)Cc3cccs3)nn2)C1. The van der Waals surface area contributed by atoms with E-state index in [0.717, 1.165) is 23.8 Å². The van der Waals surface area contributed by atoms with Crippen molar-refractivity contribution < 1.29 is 4.79 Å². The Kier molecular flexibility index (Phi) is 4.68. The van der Waals surface area contributed by atoms with Crippen molar-refractivity contribution in [3.63, 3.8) is 0 Å². The second kappa shape index (κ2) is 6.87. The van der Waals surface area contributed by atoms with Gasteiger partial charge < -0.3 is 10.2 Å². The Morgan fingerprint density at radius 3 is 3.00 bits per heavy atom. The lowest BCUT2D eigenvalue weighted by Crippen LogP contribution is -2.34. The Balaban J connectivity index is 1.58. The van der Waals surface area contributed by atoms with Gasteiger partial charge in [0.15, 0.2) is 11.6 Å². The number of nitrogens with zero attached hydrogens (tertiary/aromatic N) is 3. The molecule has 22 heavy (non-hydrogen) atoms. The third kappa shape index (κ3) is 3.82. The zero-order chi connectivity index (χ0) is 15.4. The summed E-state index contributed by atoms with van der Waals surface area (Å²) >= 11 is 1.58. The maximum absolute atomic E-state index is 11.9. The van der Waals surface area contributed by atoms with Crippen molar-refractivity contribution in [3.05, 3.63) is 34.5 Å². The first kappa shape index (κ1) is 15.0. The van der Waals surface area contributed by atoms with Gasteiger partial charge in [0.05, 0.1) is 6.42 Å². The van der Waals surface area contributed by atoms with Crippen molar-refractivity contribution in [3.8, 4) is 0 Å². The van der Waals surface area contributed by atoms with E-state index >= 15 is 0 Å². The molecule has 0 aromatic carbocycles. The van der Waals surface area contributed by atoms with Crippen molar-refractivity contribution in [1.29, 1.82) is 0 Å². The number of hydrogen-bond acceptors (Lipinski definition) is 5. The van der Waals surface area contributed by atoms with Crippen LogP contribution in [0.5, 0.6) is 0 Å². The fourth-order valence-electron chi connectivity index (χ4n) is 2.72. The first-order valence-corrected chi connectivity index (χ1v) is 8.49. The fourth-order valence-corrected chi connectivity index (χ4v) is 3.42. The summed E-state index contributed by atoms with van der Waals surface area (Å²) in [5, 5.41) is 13.1. The van der Waals surface area contributed by atoms with Crippen LogP contribution in [0.4, 0.5) is 11.6 Å². The number of hydrogen-bond donors (Lipinski definition) is 1. The summed E-state index contributed by atoms with van der Waals surface area (Å²) in [6, 6.07) is 7.66. The minimum absolute atomic E-state index is 0.0592. The topological polar surface area (TPSA) is 58.1 Å². The van der Waals surface area contributed by atoms with Crippen LogP contribution in [0.3, 0.4) is 0 Å². The minimum atomic E-state index is -0.0592. The second-order valence-electron chi connectivity index (χ2n) is 5.77. The van der Waals surface area contributed by atoms with Gasteiger partial charge in [-0.2, -0.15) is 0 Å². The highest BCUT2D eigenvalue weighted by Gasteiger charge is 2.17. The van der Waals surface area contributed by atoms with Crippen LogP contribution in [0.15, 0.2) is 29.6 Å². The number of carbonyl (C=O) groups is 1. The Morgan fingerprint density at radius 2 is 2.32 bits per heavy atom. The Hall–Kier alpha value is -1.95. The van der Waals surface area contributed by atoms with E-state index in [2.05, 4.69) is 27.3 Å². The zero-order valence-corrected chi connectivity index (χ0v) is 13.5. The average Bonchev–Trinajstić information content (AvgIpc) is 3.01. The van der Waals surface area contributed by atoms with Crippen LogP contribution in [-0.4, -0.2) is 29.2 Å². The Morgan fingerprint density at radius 1 is 1.41 bits per heavy atom. The van der Waals surface area contributed by atoms with E-state index in [1.54, 1.807) is 11.3 Å². The summed E-state index contributed by atoms with van der Waals surface area (Å²) < 4.78 is 0. The maximum atomic E-state index is 11.9. The maximum Gasteiger partial charge on any atom is 0.230 e. The van der Waals surface area contributed by atoms with E-state index in [9.17, 15) is 4.79 Å². The molecule has 0 radical (unpaired) electrons. The van der Waals surface area contributed by atoms with E-state index in [0.29, 0.717) is 18.2 Å². The predicted molar refractivity (Wildman–Crippen MR) is 89.3 cm³/mol. The van der Waals surface area contributed by atoms with Gasteiger partial charge in [-0.05, 0) is 42.3 Å². The lowest BCUT2D eigenvalue weighted by Gasteiger charge is -2.31. The molecule has 0 spiro atoms. The molecule has 2 aromatic rings. The fraction of sp³-hybridized carbons (Fsp3) is 0.438. The number of nitrogens with one attached hydrogen (secondary N) is 1. The van der Waals surface area contributed by atoms with E-state index in [1.165, 1.54) is 12.8 Å². The highest BCUT2D eigenvalue weighted by Crippen LogP contribution is 2.21. The molecular formula is C16H20N4OS. The Bertz CT molecular complexity index is 612. The van der Waals surface area contributed by atoms with Gasteiger partial charge in [-0.25, -0.2) is 0 Å². The summed E-state index contributed by atoms with van der Waals surface area (Å²) in [6.45, 7) is 4.32. The molecule has 1 saturated heterocycles. The molecule has 1 fully saturated rings. The quantitative estimate of drug-likeness (QED) is 0.942. The van der Waals surface area contributed by atoms with E-state index in [1.807, 2.05) is 29.6 Å². The molecule has 1 unspecified atom stereocenters. The molecule has 2 aromatic heterocycles. The number of aromatic nitrogens is 2. The zero-order valence-electron chi connectivity index (χ0n) is 12.7. The molecule has 1 amide bonds. The lowest BCUT2D eigenvalue weighted by molar-refractivity contribution is -0.115. The van der Waals surface area contributed by atoms with Crippen LogP contribution in [0, 0.1) is 5.92 Å². The molecule has 6 heteroatoms. The van der Waals surface area contributed by atoms with Crippen LogP contribution < -0.4 is 10.2 Å². The average molecular weight is 316 g/mol. The molecule has 1 aliphatic heterocycles. The highest BCUT2D eigenvalue weighted by molar-refractivity contribution is 7.10. The lowest BCUT2D eigenvalue weighted by atomic mass is 10.0. The largest absolute Gasteiger partial charge is 0.355 e. The van der Waals surface area contributed by atoms with Crippen molar-refractivity contribution in [2.75, 3.05) is 23.3 Å². The molecule has 0 saturated carbocycles. The van der Waals surface area contributed by atoms with Crippen molar-refractivity contribution in [1.82, 2.24) is 10.2 Å². The van der Waals surface area contributed by atoms with E-state index in [-0.39, 0.29) is 5.91 Å². The van der Waals surface area contributed by atoms with Crippen LogP contribution in [-0.2, 0) is 11.2 Å². The van der Waals surface area contributed by atoms with E-state index < -0.39 is 0 Å². The summed E-state index contributed by atoms with van der Waals surface area (Å²) in [5.74, 6) is 2.04. The van der Waals surface area contributed by atoms with Gasteiger partial charge in [0.25, 0.3) is 0 Å². The molecular weight excluding hydrogens is 296 g/mol. The summed E-state index contributed by atoms with van der Waals surface area (Å²) in [7, 11) is 0. The van der Waals surface area contributed by atoms with Gasteiger partial charge >= 0.3 is 0 Å². The summed E-state index contributed by atoms with van der Waals surface area (Å²) in [6.07, 6.45) is 2.85. The summed E-state index contributed by atoms with van der Waals surface area (Å²) in [4.78, 5) is 15.2. The highest BCUT2D eigenvalue weighted by atomic mass is 32.1. The first-order chi connectivity index (χ1) is 10.7. The molecule has 1 aliphatic rings. The number of thiophene rings is 1. The predicted octanol–water partition coefficient (Wildman–Crippen LogP) is 2.96. The van der Waals surface area contributed by atoms with Crippen LogP contribution >= 0.6 is 11.3 Å². The normalized spacial score (nSPS) is 18.2. The molecule has 3 rings (SSSR count). The number of piperidine rings is 1.